The van der Waals surface area contributed by atoms with Gasteiger partial charge in [0.05, 0.1) is 0 Å². The molecule has 0 radical (unpaired) electrons. The second kappa shape index (κ2) is 12.8. The van der Waals surface area contributed by atoms with E-state index in [1.165, 1.54) is 24.8 Å². The first-order chi connectivity index (χ1) is 18.6. The lowest BCUT2D eigenvalue weighted by Crippen LogP contribution is -2.51. The number of piperidine rings is 1. The third-order valence-electron chi connectivity index (χ3n) is 8.97. The average Bonchev–Trinajstić information content (AvgIpc) is 3.43. The maximum Gasteiger partial charge on any atom is 0.410 e. The maximum atomic E-state index is 13.5. The zero-order valence-electron chi connectivity index (χ0n) is 22.8. The Hall–Kier alpha value is -2.86. The van der Waals surface area contributed by atoms with Crippen molar-refractivity contribution in [2.45, 2.75) is 76.5 Å². The molecule has 2 heterocycles. The van der Waals surface area contributed by atoms with E-state index in [-0.39, 0.29) is 18.1 Å². The molecule has 0 bridgehead atoms. The van der Waals surface area contributed by atoms with Crippen LogP contribution < -0.4 is 0 Å². The summed E-state index contributed by atoms with van der Waals surface area (Å²) in [6.45, 7) is 6.50. The molecule has 3 aliphatic rings. The number of carbonyl (C=O) groups is 2. The molecule has 0 N–H and O–H groups in total. The Morgan fingerprint density at radius 1 is 0.868 bits per heavy atom. The van der Waals surface area contributed by atoms with E-state index < -0.39 is 0 Å². The molecule has 3 fully saturated rings. The first kappa shape index (κ1) is 26.7. The molecule has 0 aromatic heterocycles. The van der Waals surface area contributed by atoms with Crippen molar-refractivity contribution in [3.05, 3.63) is 71.8 Å². The van der Waals surface area contributed by atoms with Crippen molar-refractivity contribution in [3.8, 4) is 0 Å². The van der Waals surface area contributed by atoms with Crippen molar-refractivity contribution < 1.29 is 14.3 Å². The van der Waals surface area contributed by atoms with E-state index in [0.717, 1.165) is 57.4 Å². The molecule has 0 unspecified atom stereocenters. The van der Waals surface area contributed by atoms with E-state index in [1.54, 1.807) is 0 Å². The number of ether oxygens (including phenoxy) is 1. The van der Waals surface area contributed by atoms with E-state index in [4.69, 9.17) is 4.74 Å². The van der Waals surface area contributed by atoms with Gasteiger partial charge in [-0.25, -0.2) is 4.79 Å². The Labute approximate surface area is 227 Å². The first-order valence-corrected chi connectivity index (χ1v) is 14.7. The third kappa shape index (κ3) is 6.23. The molecule has 2 aromatic carbocycles. The number of amides is 2. The van der Waals surface area contributed by atoms with Gasteiger partial charge in [-0.3, -0.25) is 9.69 Å². The lowest BCUT2D eigenvalue weighted by atomic mass is 9.88. The largest absolute Gasteiger partial charge is 0.445 e. The molecule has 0 spiro atoms. The van der Waals surface area contributed by atoms with Gasteiger partial charge in [0.1, 0.15) is 6.61 Å². The molecule has 5 rings (SSSR count). The van der Waals surface area contributed by atoms with Gasteiger partial charge in [0, 0.05) is 56.6 Å². The molecule has 2 aliphatic heterocycles. The van der Waals surface area contributed by atoms with E-state index in [1.807, 2.05) is 42.2 Å². The SMILES string of the molecule is CCN(C(=O)OCc1ccccc1)C1CCN([C@@H]2CN(C(=O)C3CCCCC3)C[C@H]2c2ccccc2)CC1. The summed E-state index contributed by atoms with van der Waals surface area (Å²) in [7, 11) is 0. The van der Waals surface area contributed by atoms with Crippen molar-refractivity contribution in [2.75, 3.05) is 32.7 Å². The highest BCUT2D eigenvalue weighted by Crippen LogP contribution is 2.35. The Morgan fingerprint density at radius 2 is 1.53 bits per heavy atom. The van der Waals surface area contributed by atoms with Crippen LogP contribution in [0.3, 0.4) is 0 Å². The van der Waals surface area contributed by atoms with Crippen molar-refractivity contribution >= 4 is 12.0 Å². The van der Waals surface area contributed by atoms with Crippen LogP contribution in [-0.2, 0) is 16.1 Å². The molecular weight excluding hydrogens is 474 g/mol. The average molecular weight is 518 g/mol. The standard InChI is InChI=1S/C32H43N3O3/c1-2-35(32(37)38-24-25-12-6-3-7-13-25)28-18-20-33(21-19-28)30-23-34(31(36)27-16-10-5-11-17-27)22-29(30)26-14-8-4-9-15-26/h3-4,6-9,12-15,27-30H,2,5,10-11,16-24H2,1H3/t29-,30+/m0/s1. The summed E-state index contributed by atoms with van der Waals surface area (Å²) >= 11 is 0. The molecule has 2 atom stereocenters. The first-order valence-electron chi connectivity index (χ1n) is 14.7. The van der Waals surface area contributed by atoms with Crippen LogP contribution in [0.2, 0.25) is 0 Å². The van der Waals surface area contributed by atoms with E-state index in [9.17, 15) is 9.59 Å². The van der Waals surface area contributed by atoms with Crippen LogP contribution in [0.25, 0.3) is 0 Å². The number of benzene rings is 2. The summed E-state index contributed by atoms with van der Waals surface area (Å²) < 4.78 is 5.66. The number of likely N-dealkylation sites (tertiary alicyclic amines) is 2. The maximum absolute atomic E-state index is 13.5. The Bertz CT molecular complexity index is 1030. The van der Waals surface area contributed by atoms with Gasteiger partial charge in [0.2, 0.25) is 5.91 Å². The van der Waals surface area contributed by atoms with Crippen molar-refractivity contribution in [3.63, 3.8) is 0 Å². The lowest BCUT2D eigenvalue weighted by Gasteiger charge is -2.41. The third-order valence-corrected chi connectivity index (χ3v) is 8.97. The van der Waals surface area contributed by atoms with Crippen LogP contribution in [0.4, 0.5) is 4.79 Å². The molecule has 2 amide bonds. The molecule has 1 saturated carbocycles. The highest BCUT2D eigenvalue weighted by molar-refractivity contribution is 5.79. The van der Waals surface area contributed by atoms with Gasteiger partial charge in [0.15, 0.2) is 0 Å². The second-order valence-electron chi connectivity index (χ2n) is 11.3. The Morgan fingerprint density at radius 3 is 2.18 bits per heavy atom. The predicted molar refractivity (Wildman–Crippen MR) is 150 cm³/mol. The molecule has 2 aromatic rings. The fraction of sp³-hybridized carbons (Fsp3) is 0.562. The number of hydrogen-bond donors (Lipinski definition) is 0. The number of nitrogens with zero attached hydrogens (tertiary/aromatic N) is 3. The van der Waals surface area contributed by atoms with E-state index in [0.29, 0.717) is 31.0 Å². The molecule has 2 saturated heterocycles. The normalized spacial score (nSPS) is 23.3. The minimum Gasteiger partial charge on any atom is -0.445 e. The van der Waals surface area contributed by atoms with Crippen LogP contribution in [0.1, 0.15) is 68.9 Å². The molecule has 204 valence electrons. The number of rotatable bonds is 7. The summed E-state index contributed by atoms with van der Waals surface area (Å²) in [5.41, 5.74) is 2.34. The lowest BCUT2D eigenvalue weighted by molar-refractivity contribution is -0.135. The summed E-state index contributed by atoms with van der Waals surface area (Å²) in [5, 5.41) is 0. The van der Waals surface area contributed by atoms with Crippen LogP contribution in [0, 0.1) is 5.92 Å². The highest BCUT2D eigenvalue weighted by Gasteiger charge is 2.42. The van der Waals surface area contributed by atoms with Crippen molar-refractivity contribution in [2.24, 2.45) is 5.92 Å². The fourth-order valence-corrected chi connectivity index (χ4v) is 6.84. The molecular formula is C32H43N3O3. The summed E-state index contributed by atoms with van der Waals surface area (Å²) in [5.74, 6) is 0.921. The van der Waals surface area contributed by atoms with Crippen molar-refractivity contribution in [1.82, 2.24) is 14.7 Å². The Kier molecular flexibility index (Phi) is 9.00. The monoisotopic (exact) mass is 517 g/mol. The van der Waals surface area contributed by atoms with Gasteiger partial charge in [-0.2, -0.15) is 0 Å². The Balaban J connectivity index is 1.21. The van der Waals surface area contributed by atoms with Crippen LogP contribution in [0.5, 0.6) is 0 Å². The minimum absolute atomic E-state index is 0.191. The molecule has 6 nitrogen and oxygen atoms in total. The molecule has 38 heavy (non-hydrogen) atoms. The highest BCUT2D eigenvalue weighted by atomic mass is 16.6. The number of carbonyl (C=O) groups excluding carboxylic acids is 2. The van der Waals surface area contributed by atoms with E-state index in [2.05, 4.69) is 40.1 Å². The second-order valence-corrected chi connectivity index (χ2v) is 11.3. The molecule has 1 aliphatic carbocycles. The smallest absolute Gasteiger partial charge is 0.410 e. The van der Waals surface area contributed by atoms with Gasteiger partial charge in [-0.15, -0.1) is 0 Å². The fourth-order valence-electron chi connectivity index (χ4n) is 6.84. The van der Waals surface area contributed by atoms with Gasteiger partial charge in [0.25, 0.3) is 0 Å². The summed E-state index contributed by atoms with van der Waals surface area (Å²) in [6, 6.07) is 21.1. The zero-order valence-corrected chi connectivity index (χ0v) is 22.8. The predicted octanol–water partition coefficient (Wildman–Crippen LogP) is 5.68. The topological polar surface area (TPSA) is 53.1 Å². The quantitative estimate of drug-likeness (QED) is 0.474. The van der Waals surface area contributed by atoms with Crippen molar-refractivity contribution in [1.29, 1.82) is 0 Å². The summed E-state index contributed by atoms with van der Waals surface area (Å²) in [4.78, 5) is 33.1. The van der Waals surface area contributed by atoms with Gasteiger partial charge in [-0.05, 0) is 43.7 Å². The van der Waals surface area contributed by atoms with Crippen LogP contribution >= 0.6 is 0 Å². The summed E-state index contributed by atoms with van der Waals surface area (Å²) in [6.07, 6.45) is 7.38. The van der Waals surface area contributed by atoms with Crippen LogP contribution in [-0.4, -0.2) is 71.5 Å². The van der Waals surface area contributed by atoms with Crippen LogP contribution in [0.15, 0.2) is 60.7 Å². The zero-order chi connectivity index (χ0) is 26.3. The van der Waals surface area contributed by atoms with E-state index >= 15 is 0 Å². The molecule has 6 heteroatoms. The van der Waals surface area contributed by atoms with Gasteiger partial charge in [-0.1, -0.05) is 79.9 Å². The van der Waals surface area contributed by atoms with Gasteiger partial charge >= 0.3 is 6.09 Å². The minimum atomic E-state index is -0.220. The van der Waals surface area contributed by atoms with Gasteiger partial charge < -0.3 is 14.5 Å². The number of hydrogen-bond acceptors (Lipinski definition) is 4.